The van der Waals surface area contributed by atoms with Crippen molar-refractivity contribution in [2.75, 3.05) is 0 Å². The van der Waals surface area contributed by atoms with Gasteiger partial charge in [-0.25, -0.2) is 0 Å². The van der Waals surface area contributed by atoms with Crippen LogP contribution in [0.5, 0.6) is 0 Å². The third-order valence-corrected chi connectivity index (χ3v) is 3.23. The van der Waals surface area contributed by atoms with Crippen molar-refractivity contribution in [2.24, 2.45) is 5.92 Å². The SMILES string of the molecule is CCCC(C(=O)O)C(C)(O)c1ccc(Cl)cc1. The smallest absolute Gasteiger partial charge is 0.309 e. The maximum Gasteiger partial charge on any atom is 0.309 e. The predicted molar refractivity (Wildman–Crippen MR) is 67.1 cm³/mol. The van der Waals surface area contributed by atoms with Gasteiger partial charge in [-0.05, 0) is 31.0 Å². The summed E-state index contributed by atoms with van der Waals surface area (Å²) in [6.45, 7) is 3.43. The summed E-state index contributed by atoms with van der Waals surface area (Å²) in [4.78, 5) is 11.2. The Labute approximate surface area is 106 Å². The molecule has 0 amide bonds. The van der Waals surface area contributed by atoms with E-state index >= 15 is 0 Å². The number of rotatable bonds is 5. The zero-order valence-electron chi connectivity index (χ0n) is 9.98. The molecule has 2 atom stereocenters. The van der Waals surface area contributed by atoms with Gasteiger partial charge in [-0.15, -0.1) is 0 Å². The molecule has 2 N–H and O–H groups in total. The lowest BCUT2D eigenvalue weighted by molar-refractivity contribution is -0.152. The maximum absolute atomic E-state index is 11.2. The molecule has 1 aromatic rings. The Kier molecular flexibility index (Phi) is 4.54. The van der Waals surface area contributed by atoms with E-state index in [9.17, 15) is 9.90 Å². The molecule has 17 heavy (non-hydrogen) atoms. The molecule has 0 aliphatic carbocycles. The zero-order chi connectivity index (χ0) is 13.1. The number of carbonyl (C=O) groups is 1. The summed E-state index contributed by atoms with van der Waals surface area (Å²) in [5.74, 6) is -1.79. The maximum atomic E-state index is 11.2. The first-order valence-corrected chi connectivity index (χ1v) is 5.98. The van der Waals surface area contributed by atoms with E-state index < -0.39 is 17.5 Å². The molecule has 0 heterocycles. The van der Waals surface area contributed by atoms with Crippen LogP contribution in [0.4, 0.5) is 0 Å². The number of halogens is 1. The fourth-order valence-electron chi connectivity index (χ4n) is 1.92. The normalized spacial score (nSPS) is 16.2. The number of carboxylic acid groups (broad SMARTS) is 1. The third-order valence-electron chi connectivity index (χ3n) is 2.98. The lowest BCUT2D eigenvalue weighted by Crippen LogP contribution is -2.37. The second-order valence-electron chi connectivity index (χ2n) is 4.33. The summed E-state index contributed by atoms with van der Waals surface area (Å²) >= 11 is 5.77. The van der Waals surface area contributed by atoms with Crippen molar-refractivity contribution in [3.63, 3.8) is 0 Å². The summed E-state index contributed by atoms with van der Waals surface area (Å²) in [7, 11) is 0. The van der Waals surface area contributed by atoms with Gasteiger partial charge < -0.3 is 10.2 Å². The average molecular weight is 257 g/mol. The fourth-order valence-corrected chi connectivity index (χ4v) is 2.05. The first kappa shape index (κ1) is 14.0. The monoisotopic (exact) mass is 256 g/mol. The molecule has 0 aromatic heterocycles. The van der Waals surface area contributed by atoms with Crippen LogP contribution in [0, 0.1) is 5.92 Å². The Morgan fingerprint density at radius 1 is 1.41 bits per heavy atom. The van der Waals surface area contributed by atoms with Gasteiger partial charge in [-0.1, -0.05) is 37.1 Å². The summed E-state index contributed by atoms with van der Waals surface area (Å²) < 4.78 is 0. The fraction of sp³-hybridized carbons (Fsp3) is 0.462. The van der Waals surface area contributed by atoms with Crippen LogP contribution >= 0.6 is 11.6 Å². The number of benzene rings is 1. The average Bonchev–Trinajstić information content (AvgIpc) is 2.25. The van der Waals surface area contributed by atoms with Crippen molar-refractivity contribution in [1.82, 2.24) is 0 Å². The Morgan fingerprint density at radius 3 is 2.35 bits per heavy atom. The summed E-state index contributed by atoms with van der Waals surface area (Å²) in [5, 5.41) is 20.1. The molecule has 3 nitrogen and oxygen atoms in total. The van der Waals surface area contributed by atoms with E-state index in [0.717, 1.165) is 0 Å². The Balaban J connectivity index is 3.06. The number of carboxylic acids is 1. The van der Waals surface area contributed by atoms with Crippen LogP contribution in [-0.2, 0) is 10.4 Å². The minimum atomic E-state index is -1.38. The molecule has 0 fully saturated rings. The van der Waals surface area contributed by atoms with Crippen molar-refractivity contribution >= 4 is 17.6 Å². The van der Waals surface area contributed by atoms with Crippen LogP contribution in [0.25, 0.3) is 0 Å². The van der Waals surface area contributed by atoms with Crippen molar-refractivity contribution in [3.05, 3.63) is 34.9 Å². The molecule has 0 aliphatic heterocycles. The van der Waals surface area contributed by atoms with Gasteiger partial charge in [0, 0.05) is 5.02 Å². The standard InChI is InChI=1S/C13H17ClO3/c1-3-4-11(12(15)16)13(2,17)9-5-7-10(14)8-6-9/h5-8,11,17H,3-4H2,1-2H3,(H,15,16). The van der Waals surface area contributed by atoms with Crippen molar-refractivity contribution < 1.29 is 15.0 Å². The zero-order valence-corrected chi connectivity index (χ0v) is 10.7. The van der Waals surface area contributed by atoms with Crippen LogP contribution in [0.3, 0.4) is 0 Å². The molecule has 1 aromatic carbocycles. The van der Waals surface area contributed by atoms with Crippen molar-refractivity contribution in [2.45, 2.75) is 32.3 Å². The molecule has 2 unspecified atom stereocenters. The van der Waals surface area contributed by atoms with Crippen LogP contribution in [0.1, 0.15) is 32.3 Å². The summed E-state index contributed by atoms with van der Waals surface area (Å²) in [5.41, 5.74) is -0.811. The third kappa shape index (κ3) is 3.20. The number of aliphatic hydroxyl groups is 1. The summed E-state index contributed by atoms with van der Waals surface area (Å²) in [6, 6.07) is 6.62. The van der Waals surface area contributed by atoms with Gasteiger partial charge in [0.1, 0.15) is 5.60 Å². The van der Waals surface area contributed by atoms with Gasteiger partial charge in [0.05, 0.1) is 5.92 Å². The first-order valence-electron chi connectivity index (χ1n) is 5.60. The predicted octanol–water partition coefficient (Wildman–Crippen LogP) is 3.05. The van der Waals surface area contributed by atoms with Crippen LogP contribution in [-0.4, -0.2) is 16.2 Å². The van der Waals surface area contributed by atoms with E-state index in [1.807, 2.05) is 6.92 Å². The lowest BCUT2D eigenvalue weighted by Gasteiger charge is -2.30. The van der Waals surface area contributed by atoms with Gasteiger partial charge in [-0.3, -0.25) is 4.79 Å². The minimum Gasteiger partial charge on any atom is -0.481 e. The second-order valence-corrected chi connectivity index (χ2v) is 4.77. The highest BCUT2D eigenvalue weighted by molar-refractivity contribution is 6.30. The molecule has 1 rings (SSSR count). The number of aliphatic carboxylic acids is 1. The van der Waals surface area contributed by atoms with Crippen molar-refractivity contribution in [1.29, 1.82) is 0 Å². The molecule has 0 saturated heterocycles. The van der Waals surface area contributed by atoms with Crippen LogP contribution in [0.15, 0.2) is 24.3 Å². The molecule has 0 spiro atoms. The van der Waals surface area contributed by atoms with Crippen LogP contribution in [0.2, 0.25) is 5.02 Å². The minimum absolute atomic E-state index is 0.435. The van der Waals surface area contributed by atoms with Gasteiger partial charge in [0.25, 0.3) is 0 Å². The van der Waals surface area contributed by atoms with E-state index in [4.69, 9.17) is 16.7 Å². The molecule has 0 aliphatic rings. The lowest BCUT2D eigenvalue weighted by atomic mass is 9.80. The first-order chi connectivity index (χ1) is 7.89. The van der Waals surface area contributed by atoms with E-state index in [1.54, 1.807) is 24.3 Å². The van der Waals surface area contributed by atoms with Crippen molar-refractivity contribution in [3.8, 4) is 0 Å². The molecule has 0 radical (unpaired) electrons. The largest absolute Gasteiger partial charge is 0.481 e. The molecular weight excluding hydrogens is 240 g/mol. The number of hydrogen-bond donors (Lipinski definition) is 2. The van der Waals surface area contributed by atoms with Gasteiger partial charge >= 0.3 is 5.97 Å². The van der Waals surface area contributed by atoms with Crippen LogP contribution < -0.4 is 0 Å². The van der Waals surface area contributed by atoms with E-state index in [0.29, 0.717) is 23.4 Å². The highest BCUT2D eigenvalue weighted by Crippen LogP contribution is 2.33. The van der Waals surface area contributed by atoms with Gasteiger partial charge in [0.15, 0.2) is 0 Å². The molecule has 0 bridgehead atoms. The molecule has 94 valence electrons. The number of hydrogen-bond acceptors (Lipinski definition) is 2. The van der Waals surface area contributed by atoms with E-state index in [2.05, 4.69) is 0 Å². The highest BCUT2D eigenvalue weighted by Gasteiger charge is 2.38. The molecule has 0 saturated carbocycles. The van der Waals surface area contributed by atoms with E-state index in [-0.39, 0.29) is 0 Å². The Hall–Kier alpha value is -1.06. The highest BCUT2D eigenvalue weighted by atomic mass is 35.5. The Bertz CT molecular complexity index is 384. The Morgan fingerprint density at radius 2 is 1.94 bits per heavy atom. The molecular formula is C13H17ClO3. The van der Waals surface area contributed by atoms with E-state index in [1.165, 1.54) is 6.92 Å². The quantitative estimate of drug-likeness (QED) is 0.851. The molecule has 4 heteroatoms. The summed E-state index contributed by atoms with van der Waals surface area (Å²) in [6.07, 6.45) is 1.14. The van der Waals surface area contributed by atoms with Gasteiger partial charge in [-0.2, -0.15) is 0 Å². The second kappa shape index (κ2) is 5.52. The van der Waals surface area contributed by atoms with Gasteiger partial charge in [0.2, 0.25) is 0 Å². The topological polar surface area (TPSA) is 57.5 Å².